The lowest BCUT2D eigenvalue weighted by Gasteiger charge is -2.23. The van der Waals surface area contributed by atoms with Crippen LogP contribution in [-0.4, -0.2) is 17.8 Å². The van der Waals surface area contributed by atoms with Gasteiger partial charge in [0.15, 0.2) is 0 Å². The summed E-state index contributed by atoms with van der Waals surface area (Å²) in [6.45, 7) is 4.67. The summed E-state index contributed by atoms with van der Waals surface area (Å²) in [6, 6.07) is 7.40. The Morgan fingerprint density at radius 2 is 2.05 bits per heavy atom. The summed E-state index contributed by atoms with van der Waals surface area (Å²) in [7, 11) is 0. The Morgan fingerprint density at radius 1 is 1.32 bits per heavy atom. The van der Waals surface area contributed by atoms with Crippen molar-refractivity contribution < 1.29 is 9.13 Å². The molecular formula is C19H20FNO. The second-order valence-corrected chi connectivity index (χ2v) is 4.90. The minimum Gasteiger partial charge on any atom is -0.460 e. The van der Waals surface area contributed by atoms with Crippen LogP contribution < -0.4 is 4.74 Å². The summed E-state index contributed by atoms with van der Waals surface area (Å²) in [6.07, 6.45) is 12.3. The Hall–Kier alpha value is -2.47. The minimum atomic E-state index is -1.26. The minimum absolute atomic E-state index is 0.336. The molecular weight excluding hydrogens is 277 g/mol. The molecule has 0 amide bonds. The molecule has 0 saturated heterocycles. The summed E-state index contributed by atoms with van der Waals surface area (Å²) < 4.78 is 18.4. The van der Waals surface area contributed by atoms with Gasteiger partial charge in [-0.1, -0.05) is 25.0 Å². The van der Waals surface area contributed by atoms with Crippen molar-refractivity contribution in [2.75, 3.05) is 6.54 Å². The fraction of sp³-hybridized carbons (Fsp3) is 0.263. The lowest BCUT2D eigenvalue weighted by molar-refractivity contribution is 0.0642. The average molecular weight is 297 g/mol. The van der Waals surface area contributed by atoms with Gasteiger partial charge in [0.1, 0.15) is 5.75 Å². The van der Waals surface area contributed by atoms with E-state index in [1.54, 1.807) is 25.1 Å². The van der Waals surface area contributed by atoms with Crippen LogP contribution in [0.3, 0.4) is 0 Å². The molecule has 1 aromatic carbocycles. The van der Waals surface area contributed by atoms with Crippen LogP contribution in [0.15, 0.2) is 54.4 Å². The summed E-state index contributed by atoms with van der Waals surface area (Å²) in [5, 5.41) is 0. The summed E-state index contributed by atoms with van der Waals surface area (Å²) in [5.41, 5.74) is 3.08. The summed E-state index contributed by atoms with van der Waals surface area (Å²) in [4.78, 5) is 2.08. The number of ether oxygens (including phenoxy) is 1. The Kier molecular flexibility index (Phi) is 5.43. The topological polar surface area (TPSA) is 12.5 Å². The second kappa shape index (κ2) is 7.51. The van der Waals surface area contributed by atoms with E-state index >= 15 is 0 Å². The lowest BCUT2D eigenvalue weighted by atomic mass is 10.0. The van der Waals surface area contributed by atoms with Crippen LogP contribution in [0.25, 0.3) is 5.57 Å². The molecule has 114 valence electrons. The molecule has 0 radical (unpaired) electrons. The number of allylic oxidation sites excluding steroid dienone is 4. The maximum Gasteiger partial charge on any atom is 0.238 e. The van der Waals surface area contributed by atoms with Gasteiger partial charge in [0, 0.05) is 30.9 Å². The molecule has 0 bridgehead atoms. The number of hydrogen-bond acceptors (Lipinski definition) is 2. The molecule has 22 heavy (non-hydrogen) atoms. The molecule has 3 heteroatoms. The zero-order chi connectivity index (χ0) is 15.9. The van der Waals surface area contributed by atoms with E-state index in [1.165, 1.54) is 0 Å². The summed E-state index contributed by atoms with van der Waals surface area (Å²) >= 11 is 0. The number of alkyl halides is 1. The van der Waals surface area contributed by atoms with Gasteiger partial charge in [-0.2, -0.15) is 0 Å². The lowest BCUT2D eigenvalue weighted by Crippen LogP contribution is -2.17. The summed E-state index contributed by atoms with van der Waals surface area (Å²) in [5.74, 6) is 3.10. The van der Waals surface area contributed by atoms with E-state index in [1.807, 2.05) is 30.5 Å². The second-order valence-electron chi connectivity index (χ2n) is 4.90. The van der Waals surface area contributed by atoms with E-state index in [-0.39, 0.29) is 0 Å². The van der Waals surface area contributed by atoms with Crippen molar-refractivity contribution in [3.8, 4) is 18.1 Å². The van der Waals surface area contributed by atoms with E-state index in [0.29, 0.717) is 12.2 Å². The third kappa shape index (κ3) is 3.79. The number of terminal acetylenes is 1. The Balaban J connectivity index is 2.20. The molecule has 1 aromatic rings. The van der Waals surface area contributed by atoms with Crippen molar-refractivity contribution in [2.45, 2.75) is 26.6 Å². The van der Waals surface area contributed by atoms with Crippen LogP contribution >= 0.6 is 0 Å². The normalized spacial score (nSPS) is 17.1. The highest BCUT2D eigenvalue weighted by atomic mass is 19.1. The van der Waals surface area contributed by atoms with Crippen molar-refractivity contribution in [3.05, 3.63) is 60.0 Å². The first-order valence-corrected chi connectivity index (χ1v) is 7.42. The monoisotopic (exact) mass is 297 g/mol. The number of rotatable bonds is 5. The SMILES string of the molecule is C#C/C=C1/C=C(c2ccc(OC(F)CC)cc2)C=CN1CC. The molecule has 0 saturated carbocycles. The maximum atomic E-state index is 13.2. The zero-order valence-electron chi connectivity index (χ0n) is 12.9. The van der Waals surface area contributed by atoms with Gasteiger partial charge in [-0.05, 0) is 42.3 Å². The largest absolute Gasteiger partial charge is 0.460 e. The van der Waals surface area contributed by atoms with Crippen LogP contribution in [0.5, 0.6) is 5.75 Å². The number of benzene rings is 1. The molecule has 0 spiro atoms. The molecule has 0 aliphatic carbocycles. The van der Waals surface area contributed by atoms with Gasteiger partial charge in [0.25, 0.3) is 0 Å². The van der Waals surface area contributed by atoms with E-state index < -0.39 is 6.36 Å². The first kappa shape index (κ1) is 15.9. The zero-order valence-corrected chi connectivity index (χ0v) is 12.9. The Morgan fingerprint density at radius 3 is 2.64 bits per heavy atom. The predicted molar refractivity (Wildman–Crippen MR) is 88.7 cm³/mol. The number of likely N-dealkylation sites (N-methyl/N-ethyl adjacent to an activating group) is 1. The van der Waals surface area contributed by atoms with Crippen molar-refractivity contribution >= 4 is 5.57 Å². The van der Waals surface area contributed by atoms with Gasteiger partial charge in [-0.15, -0.1) is 6.42 Å². The van der Waals surface area contributed by atoms with Gasteiger partial charge in [0.05, 0.1) is 0 Å². The molecule has 1 heterocycles. The van der Waals surface area contributed by atoms with Gasteiger partial charge in [-0.25, -0.2) is 4.39 Å². The number of halogens is 1. The van der Waals surface area contributed by atoms with Crippen molar-refractivity contribution in [2.24, 2.45) is 0 Å². The predicted octanol–water partition coefficient (Wildman–Crippen LogP) is 4.52. The van der Waals surface area contributed by atoms with E-state index in [2.05, 4.69) is 17.7 Å². The highest BCUT2D eigenvalue weighted by Crippen LogP contribution is 2.26. The third-order valence-electron chi connectivity index (χ3n) is 3.41. The van der Waals surface area contributed by atoms with Crippen molar-refractivity contribution in [1.82, 2.24) is 4.90 Å². The molecule has 1 aliphatic heterocycles. The highest BCUT2D eigenvalue weighted by Gasteiger charge is 2.10. The van der Waals surface area contributed by atoms with Gasteiger partial charge in [0.2, 0.25) is 6.36 Å². The first-order chi connectivity index (χ1) is 10.7. The van der Waals surface area contributed by atoms with Crippen LogP contribution in [0, 0.1) is 12.3 Å². The molecule has 2 rings (SSSR count). The number of hydrogen-bond donors (Lipinski definition) is 0. The fourth-order valence-corrected chi connectivity index (χ4v) is 2.18. The van der Waals surface area contributed by atoms with Crippen LogP contribution in [0.1, 0.15) is 25.8 Å². The van der Waals surface area contributed by atoms with Crippen molar-refractivity contribution in [3.63, 3.8) is 0 Å². The Labute approximate surface area is 131 Å². The van der Waals surface area contributed by atoms with Crippen LogP contribution in [-0.2, 0) is 0 Å². The standard InChI is InChI=1S/C19H20FNO/c1-4-7-17-14-16(12-13-21(17)6-3)15-8-10-18(11-9-15)22-19(20)5-2/h1,7-14,19H,5-6H2,2-3H3/b17-7-. The number of nitrogens with zero attached hydrogens (tertiary/aromatic N) is 1. The first-order valence-electron chi connectivity index (χ1n) is 7.42. The van der Waals surface area contributed by atoms with E-state index in [4.69, 9.17) is 11.2 Å². The molecule has 0 fully saturated rings. The molecule has 0 N–H and O–H groups in total. The van der Waals surface area contributed by atoms with Gasteiger partial charge < -0.3 is 9.64 Å². The molecule has 0 aromatic heterocycles. The van der Waals surface area contributed by atoms with Crippen LogP contribution in [0.4, 0.5) is 4.39 Å². The van der Waals surface area contributed by atoms with Crippen molar-refractivity contribution in [1.29, 1.82) is 0 Å². The smallest absolute Gasteiger partial charge is 0.238 e. The third-order valence-corrected chi connectivity index (χ3v) is 3.41. The Bertz CT molecular complexity index is 634. The van der Waals surface area contributed by atoms with Gasteiger partial charge >= 0.3 is 0 Å². The molecule has 1 aliphatic rings. The quantitative estimate of drug-likeness (QED) is 0.741. The highest BCUT2D eigenvalue weighted by molar-refractivity contribution is 5.77. The van der Waals surface area contributed by atoms with E-state index in [9.17, 15) is 4.39 Å². The van der Waals surface area contributed by atoms with E-state index in [0.717, 1.165) is 23.4 Å². The maximum absolute atomic E-state index is 13.2. The molecule has 1 atom stereocenters. The average Bonchev–Trinajstić information content (AvgIpc) is 2.55. The van der Waals surface area contributed by atoms with Gasteiger partial charge in [-0.3, -0.25) is 0 Å². The molecule has 2 nitrogen and oxygen atoms in total. The van der Waals surface area contributed by atoms with Crippen LogP contribution in [0.2, 0.25) is 0 Å². The molecule has 1 unspecified atom stereocenters. The fourth-order valence-electron chi connectivity index (χ4n) is 2.18.